The van der Waals surface area contributed by atoms with Gasteiger partial charge in [0.2, 0.25) is 4.77 Å². The highest BCUT2D eigenvalue weighted by Crippen LogP contribution is 2.14. The van der Waals surface area contributed by atoms with Gasteiger partial charge in [0.1, 0.15) is 0 Å². The standard InChI is InChI=1S/C15H21N5OS/c1-11-6-12(2)8-13(7-11)20-15(22)19(16-17-20)10-18-5-3-4-14(21)9-18/h6-8,14,21H,3-5,9-10H2,1-2H3/t14-/m1/s1. The van der Waals surface area contributed by atoms with Gasteiger partial charge in [-0.05, 0) is 72.6 Å². The number of rotatable bonds is 3. The Bertz CT molecular complexity index is 703. The largest absolute Gasteiger partial charge is 0.392 e. The highest BCUT2D eigenvalue weighted by Gasteiger charge is 2.19. The maximum atomic E-state index is 9.75. The van der Waals surface area contributed by atoms with E-state index < -0.39 is 0 Å². The fraction of sp³-hybridized carbons (Fsp3) is 0.533. The lowest BCUT2D eigenvalue weighted by Crippen LogP contribution is -2.39. The second-order valence-electron chi connectivity index (χ2n) is 6.03. The van der Waals surface area contributed by atoms with Crippen LogP contribution in [-0.4, -0.2) is 49.0 Å². The summed E-state index contributed by atoms with van der Waals surface area (Å²) in [7, 11) is 0. The van der Waals surface area contributed by atoms with Crippen molar-refractivity contribution in [3.63, 3.8) is 0 Å². The Morgan fingerprint density at radius 1 is 1.23 bits per heavy atom. The number of tetrazole rings is 1. The molecule has 1 aromatic carbocycles. The summed E-state index contributed by atoms with van der Waals surface area (Å²) in [6.45, 7) is 6.30. The summed E-state index contributed by atoms with van der Waals surface area (Å²) < 4.78 is 3.98. The summed E-state index contributed by atoms with van der Waals surface area (Å²) in [5.41, 5.74) is 3.28. The molecular weight excluding hydrogens is 298 g/mol. The summed E-state index contributed by atoms with van der Waals surface area (Å²) >= 11 is 5.50. The first-order valence-corrected chi connectivity index (χ1v) is 7.95. The molecule has 0 saturated carbocycles. The van der Waals surface area contributed by atoms with Gasteiger partial charge in [-0.25, -0.2) is 4.68 Å². The zero-order chi connectivity index (χ0) is 15.7. The van der Waals surface area contributed by atoms with Gasteiger partial charge in [0.15, 0.2) is 0 Å². The van der Waals surface area contributed by atoms with E-state index in [1.807, 2.05) is 12.1 Å². The van der Waals surface area contributed by atoms with Crippen molar-refractivity contribution in [2.75, 3.05) is 13.1 Å². The summed E-state index contributed by atoms with van der Waals surface area (Å²) in [6.07, 6.45) is 1.62. The Hall–Kier alpha value is -1.57. The first-order valence-electron chi connectivity index (χ1n) is 7.55. The monoisotopic (exact) mass is 319 g/mol. The lowest BCUT2D eigenvalue weighted by Gasteiger charge is -2.29. The van der Waals surface area contributed by atoms with Crippen molar-refractivity contribution >= 4 is 12.2 Å². The van der Waals surface area contributed by atoms with E-state index in [0.717, 1.165) is 25.1 Å². The Labute approximate surface area is 135 Å². The Morgan fingerprint density at radius 3 is 2.64 bits per heavy atom. The zero-order valence-electron chi connectivity index (χ0n) is 12.9. The maximum absolute atomic E-state index is 9.75. The number of aromatic nitrogens is 4. The van der Waals surface area contributed by atoms with Crippen LogP contribution in [0.1, 0.15) is 24.0 Å². The second kappa shape index (κ2) is 6.28. The predicted octanol–water partition coefficient (Wildman–Crippen LogP) is 1.83. The predicted molar refractivity (Wildman–Crippen MR) is 86.5 cm³/mol. The van der Waals surface area contributed by atoms with Crippen molar-refractivity contribution in [1.29, 1.82) is 0 Å². The third kappa shape index (κ3) is 3.26. The average Bonchev–Trinajstić information content (AvgIpc) is 2.79. The highest BCUT2D eigenvalue weighted by molar-refractivity contribution is 7.71. The third-order valence-corrected chi connectivity index (χ3v) is 4.29. The zero-order valence-corrected chi connectivity index (χ0v) is 13.8. The summed E-state index contributed by atoms with van der Waals surface area (Å²) in [6, 6.07) is 6.21. The number of aliphatic hydroxyl groups is 1. The number of aliphatic hydroxyl groups excluding tert-OH is 1. The molecule has 22 heavy (non-hydrogen) atoms. The number of hydrogen-bond acceptors (Lipinski definition) is 5. The quantitative estimate of drug-likeness (QED) is 0.875. The molecule has 0 aliphatic carbocycles. The van der Waals surface area contributed by atoms with E-state index in [1.165, 1.54) is 11.1 Å². The number of hydrogen-bond donors (Lipinski definition) is 1. The summed E-state index contributed by atoms with van der Waals surface area (Å²) in [4.78, 5) is 2.16. The van der Waals surface area contributed by atoms with Crippen LogP contribution < -0.4 is 0 Å². The number of nitrogens with zero attached hydrogens (tertiary/aromatic N) is 5. The van der Waals surface area contributed by atoms with Crippen molar-refractivity contribution in [3.8, 4) is 5.69 Å². The van der Waals surface area contributed by atoms with E-state index in [4.69, 9.17) is 12.2 Å². The van der Waals surface area contributed by atoms with E-state index in [2.05, 4.69) is 35.2 Å². The smallest absolute Gasteiger partial charge is 0.221 e. The lowest BCUT2D eigenvalue weighted by atomic mass is 10.1. The molecular formula is C15H21N5OS. The fourth-order valence-electron chi connectivity index (χ4n) is 2.95. The van der Waals surface area contributed by atoms with Crippen LogP contribution in [0, 0.1) is 18.6 Å². The van der Waals surface area contributed by atoms with Crippen LogP contribution in [0.15, 0.2) is 18.2 Å². The topological polar surface area (TPSA) is 59.1 Å². The maximum Gasteiger partial charge on any atom is 0.221 e. The molecule has 7 heteroatoms. The molecule has 0 spiro atoms. The Balaban J connectivity index is 1.84. The van der Waals surface area contributed by atoms with Crippen LogP contribution in [0.25, 0.3) is 5.69 Å². The molecule has 1 fully saturated rings. The van der Waals surface area contributed by atoms with Crippen molar-refractivity contribution in [2.24, 2.45) is 0 Å². The van der Waals surface area contributed by atoms with Crippen LogP contribution in [-0.2, 0) is 6.67 Å². The molecule has 1 aliphatic heterocycles. The molecule has 0 radical (unpaired) electrons. The highest BCUT2D eigenvalue weighted by atomic mass is 32.1. The van der Waals surface area contributed by atoms with E-state index in [1.54, 1.807) is 9.36 Å². The first kappa shape index (κ1) is 15.3. The normalized spacial score (nSPS) is 19.5. The molecule has 2 heterocycles. The lowest BCUT2D eigenvalue weighted by molar-refractivity contribution is 0.0509. The molecule has 1 aromatic heterocycles. The van der Waals surface area contributed by atoms with Gasteiger partial charge >= 0.3 is 0 Å². The van der Waals surface area contributed by atoms with Crippen molar-refractivity contribution < 1.29 is 5.11 Å². The van der Waals surface area contributed by atoms with Crippen LogP contribution in [0.2, 0.25) is 0 Å². The molecule has 3 rings (SSSR count). The average molecular weight is 319 g/mol. The first-order chi connectivity index (χ1) is 10.5. The van der Waals surface area contributed by atoms with E-state index in [-0.39, 0.29) is 6.10 Å². The molecule has 6 nitrogen and oxygen atoms in total. The van der Waals surface area contributed by atoms with Crippen LogP contribution in [0.4, 0.5) is 0 Å². The van der Waals surface area contributed by atoms with Gasteiger partial charge in [-0.15, -0.1) is 0 Å². The number of piperidine rings is 1. The van der Waals surface area contributed by atoms with Crippen LogP contribution in [0.3, 0.4) is 0 Å². The Kier molecular flexibility index (Phi) is 4.37. The minimum Gasteiger partial charge on any atom is -0.392 e. The summed E-state index contributed by atoms with van der Waals surface area (Å²) in [5.74, 6) is 0. The van der Waals surface area contributed by atoms with Gasteiger partial charge in [0, 0.05) is 13.1 Å². The molecule has 118 valence electrons. The molecule has 1 atom stereocenters. The van der Waals surface area contributed by atoms with Gasteiger partial charge in [-0.2, -0.15) is 4.68 Å². The molecule has 2 aromatic rings. The number of aryl methyl sites for hydroxylation is 2. The second-order valence-corrected chi connectivity index (χ2v) is 6.40. The van der Waals surface area contributed by atoms with Crippen molar-refractivity contribution in [2.45, 2.75) is 39.5 Å². The fourth-order valence-corrected chi connectivity index (χ4v) is 3.18. The Morgan fingerprint density at radius 2 is 1.95 bits per heavy atom. The van der Waals surface area contributed by atoms with Crippen molar-refractivity contribution in [3.05, 3.63) is 34.1 Å². The molecule has 1 N–H and O–H groups in total. The van der Waals surface area contributed by atoms with E-state index >= 15 is 0 Å². The molecule has 0 bridgehead atoms. The van der Waals surface area contributed by atoms with Crippen LogP contribution in [0.5, 0.6) is 0 Å². The molecule has 1 aliphatic rings. The molecule has 1 saturated heterocycles. The minimum atomic E-state index is -0.252. The van der Waals surface area contributed by atoms with Gasteiger partial charge in [-0.3, -0.25) is 4.90 Å². The van der Waals surface area contributed by atoms with Gasteiger partial charge in [0.25, 0.3) is 0 Å². The number of β-amino-alcohol motifs (C(OH)–C–C–N with tert-alkyl or cyclic N) is 1. The minimum absolute atomic E-state index is 0.252. The van der Waals surface area contributed by atoms with Gasteiger partial charge < -0.3 is 5.11 Å². The SMILES string of the molecule is Cc1cc(C)cc(-n2nnn(CN3CCC[C@@H](O)C3)c2=S)c1. The van der Waals surface area contributed by atoms with Gasteiger partial charge in [0.05, 0.1) is 18.5 Å². The summed E-state index contributed by atoms with van der Waals surface area (Å²) in [5, 5.41) is 18.1. The van der Waals surface area contributed by atoms with E-state index in [0.29, 0.717) is 18.0 Å². The van der Waals surface area contributed by atoms with Crippen molar-refractivity contribution in [1.82, 2.24) is 24.7 Å². The number of likely N-dealkylation sites (tertiary alicyclic amines) is 1. The number of benzene rings is 1. The van der Waals surface area contributed by atoms with Crippen LogP contribution >= 0.6 is 12.2 Å². The van der Waals surface area contributed by atoms with Gasteiger partial charge in [-0.1, -0.05) is 6.07 Å². The molecule has 0 amide bonds. The van der Waals surface area contributed by atoms with E-state index in [9.17, 15) is 5.11 Å². The molecule has 0 unspecified atom stereocenters. The third-order valence-electron chi connectivity index (χ3n) is 3.91.